The van der Waals surface area contributed by atoms with E-state index in [0.717, 1.165) is 5.56 Å². The van der Waals surface area contributed by atoms with Crippen molar-refractivity contribution in [2.75, 3.05) is 11.9 Å². The maximum absolute atomic E-state index is 11.7. The lowest BCUT2D eigenvalue weighted by molar-refractivity contribution is -0.136. The molecule has 0 fully saturated rings. The van der Waals surface area contributed by atoms with Gasteiger partial charge in [-0.2, -0.15) is 0 Å². The molecule has 5 nitrogen and oxygen atoms in total. The van der Waals surface area contributed by atoms with Crippen LogP contribution in [0.3, 0.4) is 0 Å². The van der Waals surface area contributed by atoms with Crippen molar-refractivity contribution in [3.05, 3.63) is 59.1 Å². The molecular weight excluding hydrogens is 304 g/mol. The topological polar surface area (TPSA) is 78.4 Å². The number of nitrogens with one attached hydrogen (secondary N) is 2. The van der Waals surface area contributed by atoms with Gasteiger partial charge in [0.05, 0.1) is 0 Å². The molecule has 0 aliphatic heterocycles. The zero-order valence-electron chi connectivity index (χ0n) is 11.7. The average Bonchev–Trinajstić information content (AvgIpc) is 2.47. The Bertz CT molecular complexity index is 689. The minimum atomic E-state index is -0.752. The highest BCUT2D eigenvalue weighted by atomic mass is 35.5. The molecule has 2 amide bonds. The van der Waals surface area contributed by atoms with Gasteiger partial charge in [-0.1, -0.05) is 29.8 Å². The third-order valence-electron chi connectivity index (χ3n) is 2.90. The Morgan fingerprint density at radius 3 is 2.55 bits per heavy atom. The van der Waals surface area contributed by atoms with E-state index in [1.165, 1.54) is 0 Å². The Labute approximate surface area is 132 Å². The number of hydrogen-bond acceptors (Lipinski definition) is 3. The minimum Gasteiger partial charge on any atom is -0.508 e. The van der Waals surface area contributed by atoms with E-state index >= 15 is 0 Å². The molecular formula is C16H15ClN2O3. The molecule has 0 spiro atoms. The summed E-state index contributed by atoms with van der Waals surface area (Å²) in [5.41, 5.74) is 1.33. The van der Waals surface area contributed by atoms with E-state index in [2.05, 4.69) is 10.6 Å². The number of benzene rings is 2. The van der Waals surface area contributed by atoms with Crippen LogP contribution in [0.25, 0.3) is 0 Å². The fourth-order valence-electron chi connectivity index (χ4n) is 1.87. The van der Waals surface area contributed by atoms with Gasteiger partial charge in [-0.3, -0.25) is 9.59 Å². The number of carbonyl (C=O) groups excluding carboxylic acids is 2. The lowest BCUT2D eigenvalue weighted by atomic mass is 10.1. The van der Waals surface area contributed by atoms with Gasteiger partial charge in [-0.25, -0.2) is 0 Å². The Balaban J connectivity index is 1.80. The van der Waals surface area contributed by atoms with Crippen LogP contribution >= 0.6 is 11.6 Å². The van der Waals surface area contributed by atoms with E-state index in [1.807, 2.05) is 6.07 Å². The molecule has 3 N–H and O–H groups in total. The lowest BCUT2D eigenvalue weighted by Crippen LogP contribution is -2.36. The second kappa shape index (κ2) is 7.47. The van der Waals surface area contributed by atoms with Crippen molar-refractivity contribution in [3.63, 3.8) is 0 Å². The largest absolute Gasteiger partial charge is 0.508 e. The van der Waals surface area contributed by atoms with Crippen LogP contribution in [0, 0.1) is 0 Å². The molecule has 0 bridgehead atoms. The summed E-state index contributed by atoms with van der Waals surface area (Å²) in [7, 11) is 0. The highest BCUT2D eigenvalue weighted by Gasteiger charge is 2.13. The first-order valence-electron chi connectivity index (χ1n) is 6.67. The van der Waals surface area contributed by atoms with Crippen molar-refractivity contribution in [2.45, 2.75) is 6.42 Å². The number of amides is 2. The molecule has 6 heteroatoms. The van der Waals surface area contributed by atoms with Gasteiger partial charge in [-0.05, 0) is 42.3 Å². The van der Waals surface area contributed by atoms with E-state index in [1.54, 1.807) is 42.5 Å². The van der Waals surface area contributed by atoms with Crippen LogP contribution in [-0.2, 0) is 16.0 Å². The normalized spacial score (nSPS) is 10.0. The van der Waals surface area contributed by atoms with E-state index in [0.29, 0.717) is 23.7 Å². The van der Waals surface area contributed by atoms with Crippen LogP contribution < -0.4 is 10.6 Å². The Morgan fingerprint density at radius 2 is 1.82 bits per heavy atom. The average molecular weight is 319 g/mol. The smallest absolute Gasteiger partial charge is 0.313 e. The summed E-state index contributed by atoms with van der Waals surface area (Å²) in [6.45, 7) is 0.297. The van der Waals surface area contributed by atoms with Crippen LogP contribution in [0.15, 0.2) is 48.5 Å². The van der Waals surface area contributed by atoms with Gasteiger partial charge in [0.15, 0.2) is 0 Å². The predicted octanol–water partition coefficient (Wildman–Crippen LogP) is 2.34. The summed E-state index contributed by atoms with van der Waals surface area (Å²) in [6, 6.07) is 13.3. The van der Waals surface area contributed by atoms with Gasteiger partial charge in [0.25, 0.3) is 0 Å². The molecule has 0 aliphatic carbocycles. The predicted molar refractivity (Wildman–Crippen MR) is 84.9 cm³/mol. The van der Waals surface area contributed by atoms with Gasteiger partial charge >= 0.3 is 11.8 Å². The van der Waals surface area contributed by atoms with Crippen LogP contribution in [0.1, 0.15) is 5.56 Å². The highest BCUT2D eigenvalue weighted by molar-refractivity contribution is 6.39. The van der Waals surface area contributed by atoms with Gasteiger partial charge in [0.1, 0.15) is 5.75 Å². The second-order valence-corrected chi connectivity index (χ2v) is 5.08. The summed E-state index contributed by atoms with van der Waals surface area (Å²) < 4.78 is 0. The number of aromatic hydroxyl groups is 1. The molecule has 0 atom stereocenters. The molecule has 0 radical (unpaired) electrons. The number of hydrogen-bond donors (Lipinski definition) is 3. The van der Waals surface area contributed by atoms with Crippen LogP contribution in [0.4, 0.5) is 5.69 Å². The number of phenols is 1. The molecule has 22 heavy (non-hydrogen) atoms. The molecule has 114 valence electrons. The molecule has 0 saturated heterocycles. The molecule has 2 aromatic rings. The standard InChI is InChI=1S/C16H15ClN2O3/c17-12-4-2-5-13(10-12)19-16(22)15(21)18-8-7-11-3-1-6-14(20)9-11/h1-6,9-10,20H,7-8H2,(H,18,21)(H,19,22). The molecule has 0 aromatic heterocycles. The van der Waals surface area contributed by atoms with Crippen molar-refractivity contribution < 1.29 is 14.7 Å². The van der Waals surface area contributed by atoms with Crippen molar-refractivity contribution in [3.8, 4) is 5.75 Å². The van der Waals surface area contributed by atoms with E-state index in [9.17, 15) is 14.7 Å². The molecule has 0 unspecified atom stereocenters. The first-order chi connectivity index (χ1) is 10.5. The van der Waals surface area contributed by atoms with Crippen molar-refractivity contribution in [1.82, 2.24) is 5.32 Å². The van der Waals surface area contributed by atoms with Crippen LogP contribution in [0.5, 0.6) is 5.75 Å². The number of phenolic OH excluding ortho intramolecular Hbond substituents is 1. The van der Waals surface area contributed by atoms with E-state index < -0.39 is 11.8 Å². The molecule has 0 aliphatic rings. The van der Waals surface area contributed by atoms with Crippen molar-refractivity contribution in [1.29, 1.82) is 0 Å². The maximum atomic E-state index is 11.7. The first-order valence-corrected chi connectivity index (χ1v) is 7.05. The zero-order chi connectivity index (χ0) is 15.9. The summed E-state index contributed by atoms with van der Waals surface area (Å²) in [6.07, 6.45) is 0.518. The molecule has 2 aromatic carbocycles. The van der Waals surface area contributed by atoms with Gasteiger partial charge in [-0.15, -0.1) is 0 Å². The van der Waals surface area contributed by atoms with E-state index in [-0.39, 0.29) is 5.75 Å². The van der Waals surface area contributed by atoms with Crippen LogP contribution in [0.2, 0.25) is 5.02 Å². The van der Waals surface area contributed by atoms with Gasteiger partial charge in [0, 0.05) is 17.3 Å². The molecule has 0 saturated carbocycles. The van der Waals surface area contributed by atoms with Crippen molar-refractivity contribution in [2.24, 2.45) is 0 Å². The zero-order valence-corrected chi connectivity index (χ0v) is 12.4. The monoisotopic (exact) mass is 318 g/mol. The maximum Gasteiger partial charge on any atom is 0.313 e. The second-order valence-electron chi connectivity index (χ2n) is 4.64. The summed E-state index contributed by atoms with van der Waals surface area (Å²) >= 11 is 5.80. The molecule has 0 heterocycles. The summed E-state index contributed by atoms with van der Waals surface area (Å²) in [4.78, 5) is 23.4. The Hall–Kier alpha value is -2.53. The lowest BCUT2D eigenvalue weighted by Gasteiger charge is -2.07. The number of carbonyl (C=O) groups is 2. The fourth-order valence-corrected chi connectivity index (χ4v) is 2.06. The van der Waals surface area contributed by atoms with Crippen molar-refractivity contribution >= 4 is 29.1 Å². The number of rotatable bonds is 4. The summed E-state index contributed by atoms with van der Waals surface area (Å²) in [5.74, 6) is -1.30. The first kappa shape index (κ1) is 15.9. The van der Waals surface area contributed by atoms with Gasteiger partial charge < -0.3 is 15.7 Å². The fraction of sp³-hybridized carbons (Fsp3) is 0.125. The van der Waals surface area contributed by atoms with Crippen LogP contribution in [-0.4, -0.2) is 23.5 Å². The number of halogens is 1. The SMILES string of the molecule is O=C(NCCc1cccc(O)c1)C(=O)Nc1cccc(Cl)c1. The number of anilines is 1. The highest BCUT2D eigenvalue weighted by Crippen LogP contribution is 2.14. The summed E-state index contributed by atoms with van der Waals surface area (Å²) in [5, 5.41) is 14.8. The minimum absolute atomic E-state index is 0.169. The third-order valence-corrected chi connectivity index (χ3v) is 3.13. The van der Waals surface area contributed by atoms with Gasteiger partial charge in [0.2, 0.25) is 0 Å². The quantitative estimate of drug-likeness (QED) is 0.757. The Morgan fingerprint density at radius 1 is 1.05 bits per heavy atom. The van der Waals surface area contributed by atoms with E-state index in [4.69, 9.17) is 11.6 Å². The Kier molecular flexibility index (Phi) is 5.38. The third kappa shape index (κ3) is 4.79. The molecule has 2 rings (SSSR count).